The second-order valence-corrected chi connectivity index (χ2v) is 7.26. The number of halogens is 5. The molecule has 1 spiro atoms. The molecular formula is C19H19F5N4O4. The largest absolute Gasteiger partial charge is 0.490 e. The number of carbonyl (C=O) groups is 1. The molecule has 2 aromatic heterocycles. The maximum Gasteiger partial charge on any atom is 0.490 e. The first kappa shape index (κ1) is 23.6. The number of aromatic nitrogens is 3. The molecule has 0 saturated carbocycles. The Morgan fingerprint density at radius 3 is 2.56 bits per heavy atom. The molecule has 2 saturated heterocycles. The number of piperidine rings is 1. The zero-order chi connectivity index (χ0) is 23.4. The van der Waals surface area contributed by atoms with Gasteiger partial charge in [-0.15, -0.1) is 0 Å². The van der Waals surface area contributed by atoms with E-state index in [0.29, 0.717) is 25.5 Å². The van der Waals surface area contributed by atoms with E-state index in [2.05, 4.69) is 15.0 Å². The van der Waals surface area contributed by atoms with Gasteiger partial charge >= 0.3 is 12.1 Å². The Morgan fingerprint density at radius 2 is 1.94 bits per heavy atom. The van der Waals surface area contributed by atoms with Crippen LogP contribution in [0.1, 0.15) is 19.3 Å². The van der Waals surface area contributed by atoms with Crippen LogP contribution in [0.5, 0.6) is 5.88 Å². The van der Waals surface area contributed by atoms with E-state index in [4.69, 9.17) is 19.4 Å². The molecule has 4 heterocycles. The first-order valence-corrected chi connectivity index (χ1v) is 9.52. The van der Waals surface area contributed by atoms with Gasteiger partial charge in [-0.3, -0.25) is 0 Å². The SMILES string of the molecule is Fc1cnc(N2CCC[C@]3(C[C@H](Oc4ncccc4F)CO3)C2)nc1.O=C(O)C(F)(F)F. The summed E-state index contributed by atoms with van der Waals surface area (Å²) < 4.78 is 70.2. The number of pyridine rings is 1. The summed E-state index contributed by atoms with van der Waals surface area (Å²) in [6.45, 7) is 1.77. The van der Waals surface area contributed by atoms with Crippen LogP contribution in [0.2, 0.25) is 0 Å². The van der Waals surface area contributed by atoms with Crippen LogP contribution in [-0.4, -0.2) is 63.6 Å². The fourth-order valence-corrected chi connectivity index (χ4v) is 3.52. The monoisotopic (exact) mass is 462 g/mol. The minimum absolute atomic E-state index is 0.00248. The van der Waals surface area contributed by atoms with Crippen molar-refractivity contribution in [2.75, 3.05) is 24.6 Å². The summed E-state index contributed by atoms with van der Waals surface area (Å²) in [5.74, 6) is -3.20. The third-order valence-electron chi connectivity index (χ3n) is 4.85. The molecule has 0 aromatic carbocycles. The van der Waals surface area contributed by atoms with Gasteiger partial charge in [-0.25, -0.2) is 28.5 Å². The highest BCUT2D eigenvalue weighted by molar-refractivity contribution is 5.73. The number of carboxylic acids is 1. The summed E-state index contributed by atoms with van der Waals surface area (Å²) in [6.07, 6.45) is 0.919. The van der Waals surface area contributed by atoms with Crippen molar-refractivity contribution in [1.82, 2.24) is 15.0 Å². The molecule has 2 aliphatic heterocycles. The van der Waals surface area contributed by atoms with Crippen molar-refractivity contribution >= 4 is 11.9 Å². The van der Waals surface area contributed by atoms with Crippen molar-refractivity contribution in [3.05, 3.63) is 42.4 Å². The molecule has 2 atom stereocenters. The highest BCUT2D eigenvalue weighted by Crippen LogP contribution is 2.37. The average molecular weight is 462 g/mol. The van der Waals surface area contributed by atoms with Crippen molar-refractivity contribution < 1.29 is 41.3 Å². The number of alkyl halides is 3. The molecule has 174 valence electrons. The quantitative estimate of drug-likeness (QED) is 0.696. The molecule has 0 radical (unpaired) electrons. The van der Waals surface area contributed by atoms with Gasteiger partial charge in [0.2, 0.25) is 5.95 Å². The molecule has 0 aliphatic carbocycles. The van der Waals surface area contributed by atoms with Crippen LogP contribution in [0.25, 0.3) is 0 Å². The summed E-state index contributed by atoms with van der Waals surface area (Å²) in [5, 5.41) is 7.12. The maximum absolute atomic E-state index is 13.7. The van der Waals surface area contributed by atoms with E-state index in [0.717, 1.165) is 31.8 Å². The number of anilines is 1. The Labute approximate surface area is 179 Å². The van der Waals surface area contributed by atoms with Crippen LogP contribution >= 0.6 is 0 Å². The molecule has 0 unspecified atom stereocenters. The van der Waals surface area contributed by atoms with Crippen LogP contribution in [0.15, 0.2) is 30.7 Å². The summed E-state index contributed by atoms with van der Waals surface area (Å²) in [7, 11) is 0. The molecule has 8 nitrogen and oxygen atoms in total. The van der Waals surface area contributed by atoms with Crippen molar-refractivity contribution in [2.24, 2.45) is 0 Å². The van der Waals surface area contributed by atoms with Gasteiger partial charge in [-0.2, -0.15) is 13.2 Å². The van der Waals surface area contributed by atoms with Gasteiger partial charge < -0.3 is 19.5 Å². The molecule has 1 N–H and O–H groups in total. The lowest BCUT2D eigenvalue weighted by atomic mass is 9.89. The minimum Gasteiger partial charge on any atom is -0.475 e. The van der Waals surface area contributed by atoms with Crippen LogP contribution in [-0.2, 0) is 9.53 Å². The van der Waals surface area contributed by atoms with E-state index >= 15 is 0 Å². The van der Waals surface area contributed by atoms with Crippen LogP contribution in [0, 0.1) is 11.6 Å². The summed E-state index contributed by atoms with van der Waals surface area (Å²) >= 11 is 0. The second-order valence-electron chi connectivity index (χ2n) is 7.26. The summed E-state index contributed by atoms with van der Waals surface area (Å²) in [4.78, 5) is 22.9. The van der Waals surface area contributed by atoms with Crippen molar-refractivity contribution in [3.8, 4) is 5.88 Å². The van der Waals surface area contributed by atoms with E-state index in [1.165, 1.54) is 18.3 Å². The van der Waals surface area contributed by atoms with Crippen LogP contribution < -0.4 is 9.64 Å². The number of ether oxygens (including phenoxy) is 2. The molecule has 2 fully saturated rings. The number of rotatable bonds is 3. The number of carboxylic acid groups (broad SMARTS) is 1. The zero-order valence-electron chi connectivity index (χ0n) is 16.6. The molecule has 2 aliphatic rings. The lowest BCUT2D eigenvalue weighted by Crippen LogP contribution is -2.48. The van der Waals surface area contributed by atoms with Crippen molar-refractivity contribution in [1.29, 1.82) is 0 Å². The molecule has 32 heavy (non-hydrogen) atoms. The van der Waals surface area contributed by atoms with Gasteiger partial charge in [0.05, 0.1) is 24.6 Å². The van der Waals surface area contributed by atoms with E-state index in [1.807, 2.05) is 4.90 Å². The maximum atomic E-state index is 13.7. The van der Waals surface area contributed by atoms with Crippen LogP contribution in [0.4, 0.5) is 27.9 Å². The molecule has 2 aromatic rings. The number of nitrogens with zero attached hydrogens (tertiary/aromatic N) is 4. The first-order chi connectivity index (χ1) is 15.1. The van der Waals surface area contributed by atoms with Crippen molar-refractivity contribution in [3.63, 3.8) is 0 Å². The Balaban J connectivity index is 0.000000360. The minimum atomic E-state index is -5.08. The van der Waals surface area contributed by atoms with Crippen LogP contribution in [0.3, 0.4) is 0 Å². The Kier molecular flexibility index (Phi) is 7.06. The lowest BCUT2D eigenvalue weighted by Gasteiger charge is -2.39. The van der Waals surface area contributed by atoms with Crippen molar-refractivity contribution in [2.45, 2.75) is 37.1 Å². The third-order valence-corrected chi connectivity index (χ3v) is 4.85. The average Bonchev–Trinajstić information content (AvgIpc) is 3.11. The molecule has 0 amide bonds. The van der Waals surface area contributed by atoms with Gasteiger partial charge in [-0.05, 0) is 25.0 Å². The fraction of sp³-hybridized carbons (Fsp3) is 0.474. The van der Waals surface area contributed by atoms with Gasteiger partial charge in [0.15, 0.2) is 11.6 Å². The first-order valence-electron chi connectivity index (χ1n) is 9.52. The summed E-state index contributed by atoms with van der Waals surface area (Å²) in [6, 6.07) is 2.85. The van der Waals surface area contributed by atoms with E-state index < -0.39 is 23.8 Å². The number of hydrogen-bond donors (Lipinski definition) is 1. The molecule has 13 heteroatoms. The summed E-state index contributed by atoms with van der Waals surface area (Å²) in [5.41, 5.74) is -0.383. The zero-order valence-corrected chi connectivity index (χ0v) is 16.6. The highest BCUT2D eigenvalue weighted by Gasteiger charge is 2.45. The predicted molar refractivity (Wildman–Crippen MR) is 99.0 cm³/mol. The molecule has 0 bridgehead atoms. The standard InChI is InChI=1S/C17H18F2N4O2.C2HF3O2/c18-12-8-21-16(22-9-12)23-6-2-4-17(11-23)7-13(10-24-17)25-15-14(19)3-1-5-20-15;3-2(4,5)1(6)7/h1,3,5,8-9,13H,2,4,6-7,10-11H2;(H,6,7)/t13-,17-;/m0./s1. The Morgan fingerprint density at radius 1 is 1.25 bits per heavy atom. The van der Waals surface area contributed by atoms with E-state index in [-0.39, 0.29) is 17.6 Å². The lowest BCUT2D eigenvalue weighted by molar-refractivity contribution is -0.192. The third kappa shape index (κ3) is 5.99. The van der Waals surface area contributed by atoms with Gasteiger partial charge in [-0.1, -0.05) is 0 Å². The Bertz CT molecular complexity index is 931. The predicted octanol–water partition coefficient (Wildman–Crippen LogP) is 2.99. The van der Waals surface area contributed by atoms with Gasteiger partial charge in [0, 0.05) is 25.7 Å². The Hall–Kier alpha value is -3.09. The van der Waals surface area contributed by atoms with Gasteiger partial charge in [0.1, 0.15) is 6.10 Å². The molecular weight excluding hydrogens is 443 g/mol. The second kappa shape index (κ2) is 9.59. The van der Waals surface area contributed by atoms with Gasteiger partial charge in [0.25, 0.3) is 5.88 Å². The highest BCUT2D eigenvalue weighted by atomic mass is 19.4. The topological polar surface area (TPSA) is 97.7 Å². The smallest absolute Gasteiger partial charge is 0.475 e. The fourth-order valence-electron chi connectivity index (χ4n) is 3.52. The van der Waals surface area contributed by atoms with E-state index in [1.54, 1.807) is 0 Å². The molecule has 4 rings (SSSR count). The number of aliphatic carboxylic acids is 1. The normalized spacial score (nSPS) is 22.9. The van der Waals surface area contributed by atoms with E-state index in [9.17, 15) is 22.0 Å². The number of hydrogen-bond acceptors (Lipinski definition) is 7.